The maximum Gasteiger partial charge on any atom is 0.406 e. The second-order valence-electron chi connectivity index (χ2n) is 3.68. The summed E-state index contributed by atoms with van der Waals surface area (Å²) >= 11 is 0. The third-order valence-electron chi connectivity index (χ3n) is 2.08. The van der Waals surface area contributed by atoms with Gasteiger partial charge in [0.2, 0.25) is 5.75 Å². The molecular formula is C10H15N3O3. The Morgan fingerprint density at radius 3 is 2.88 bits per heavy atom. The molecule has 1 aromatic heterocycles. The zero-order valence-electron chi connectivity index (χ0n) is 9.34. The van der Waals surface area contributed by atoms with Crippen molar-refractivity contribution in [3.05, 3.63) is 27.9 Å². The van der Waals surface area contributed by atoms with Gasteiger partial charge in [0.15, 0.2) is 0 Å². The van der Waals surface area contributed by atoms with Crippen molar-refractivity contribution in [1.29, 1.82) is 0 Å². The number of nitro groups is 1. The molecule has 2 N–H and O–H groups in total. The van der Waals surface area contributed by atoms with E-state index in [-0.39, 0.29) is 17.5 Å². The molecule has 1 aromatic rings. The van der Waals surface area contributed by atoms with E-state index in [2.05, 4.69) is 4.98 Å². The quantitative estimate of drug-likeness (QED) is 0.601. The molecule has 0 aliphatic carbocycles. The van der Waals surface area contributed by atoms with E-state index in [0.29, 0.717) is 18.8 Å². The monoisotopic (exact) mass is 225 g/mol. The van der Waals surface area contributed by atoms with Crippen molar-refractivity contribution in [2.45, 2.75) is 13.8 Å². The Morgan fingerprint density at radius 1 is 1.62 bits per heavy atom. The number of rotatable bonds is 5. The number of nitrogens with two attached hydrogens (primary N) is 1. The molecule has 1 unspecified atom stereocenters. The zero-order chi connectivity index (χ0) is 12.1. The first-order valence-electron chi connectivity index (χ1n) is 4.99. The summed E-state index contributed by atoms with van der Waals surface area (Å²) in [6, 6.07) is 3.24. The number of nitrogens with zero attached hydrogens (tertiary/aromatic N) is 2. The van der Waals surface area contributed by atoms with Gasteiger partial charge >= 0.3 is 5.82 Å². The van der Waals surface area contributed by atoms with Crippen molar-refractivity contribution >= 4 is 5.82 Å². The van der Waals surface area contributed by atoms with Crippen LogP contribution in [0.1, 0.15) is 12.6 Å². The first-order valence-corrected chi connectivity index (χ1v) is 4.99. The lowest BCUT2D eigenvalue weighted by atomic mass is 10.2. The summed E-state index contributed by atoms with van der Waals surface area (Å²) in [7, 11) is 0. The molecule has 0 spiro atoms. The highest BCUT2D eigenvalue weighted by Gasteiger charge is 2.17. The number of hydrogen-bond acceptors (Lipinski definition) is 5. The van der Waals surface area contributed by atoms with Crippen LogP contribution in [0.2, 0.25) is 0 Å². The number of aryl methyl sites for hydroxylation is 1. The normalized spacial score (nSPS) is 12.2. The lowest BCUT2D eigenvalue weighted by Crippen LogP contribution is -2.18. The fourth-order valence-electron chi connectivity index (χ4n) is 1.07. The Labute approximate surface area is 93.6 Å². The summed E-state index contributed by atoms with van der Waals surface area (Å²) in [4.78, 5) is 14.0. The molecule has 6 heteroatoms. The number of pyridine rings is 1. The van der Waals surface area contributed by atoms with E-state index in [9.17, 15) is 10.1 Å². The Balaban J connectivity index is 2.82. The van der Waals surface area contributed by atoms with Gasteiger partial charge in [-0.2, -0.15) is 0 Å². The van der Waals surface area contributed by atoms with Crippen LogP contribution in [0.25, 0.3) is 0 Å². The third-order valence-corrected chi connectivity index (χ3v) is 2.08. The maximum absolute atomic E-state index is 10.7. The Kier molecular flexibility index (Phi) is 4.19. The molecule has 0 aromatic carbocycles. The van der Waals surface area contributed by atoms with Crippen molar-refractivity contribution in [3.63, 3.8) is 0 Å². The van der Waals surface area contributed by atoms with E-state index >= 15 is 0 Å². The molecule has 6 nitrogen and oxygen atoms in total. The molecule has 0 aliphatic rings. The van der Waals surface area contributed by atoms with Crippen LogP contribution in [0.4, 0.5) is 5.82 Å². The second kappa shape index (κ2) is 5.41. The minimum absolute atomic E-state index is 0.154. The van der Waals surface area contributed by atoms with Crippen LogP contribution in [0.5, 0.6) is 5.75 Å². The van der Waals surface area contributed by atoms with Gasteiger partial charge in [-0.25, -0.2) is 0 Å². The molecule has 0 saturated heterocycles. The van der Waals surface area contributed by atoms with Crippen LogP contribution in [0.15, 0.2) is 12.1 Å². The summed E-state index contributed by atoms with van der Waals surface area (Å²) < 4.78 is 5.32. The van der Waals surface area contributed by atoms with Crippen molar-refractivity contribution < 1.29 is 9.66 Å². The van der Waals surface area contributed by atoms with E-state index in [1.807, 2.05) is 6.92 Å². The van der Waals surface area contributed by atoms with Gasteiger partial charge in [0.1, 0.15) is 5.69 Å². The van der Waals surface area contributed by atoms with Gasteiger partial charge in [-0.15, -0.1) is 0 Å². The molecule has 0 bridgehead atoms. The lowest BCUT2D eigenvalue weighted by molar-refractivity contribution is -0.390. The van der Waals surface area contributed by atoms with E-state index < -0.39 is 4.92 Å². The summed E-state index contributed by atoms with van der Waals surface area (Å²) in [6.45, 7) is 4.43. The van der Waals surface area contributed by atoms with Crippen LogP contribution < -0.4 is 10.5 Å². The van der Waals surface area contributed by atoms with E-state index in [1.165, 1.54) is 0 Å². The van der Waals surface area contributed by atoms with Crippen molar-refractivity contribution in [3.8, 4) is 5.75 Å². The van der Waals surface area contributed by atoms with Gasteiger partial charge in [-0.1, -0.05) is 6.92 Å². The first-order chi connectivity index (χ1) is 7.54. The summed E-state index contributed by atoms with van der Waals surface area (Å²) in [6.07, 6.45) is 0. The van der Waals surface area contributed by atoms with Gasteiger partial charge in [-0.05, 0) is 28.6 Å². The number of aromatic nitrogens is 1. The molecule has 0 radical (unpaired) electrons. The number of hydrogen-bond donors (Lipinski definition) is 1. The molecule has 0 saturated carbocycles. The van der Waals surface area contributed by atoms with Gasteiger partial charge in [0, 0.05) is 12.8 Å². The summed E-state index contributed by atoms with van der Waals surface area (Å²) in [5, 5.41) is 10.7. The number of ether oxygens (including phenoxy) is 1. The predicted molar refractivity (Wildman–Crippen MR) is 59.3 cm³/mol. The van der Waals surface area contributed by atoms with Crippen molar-refractivity contribution in [1.82, 2.24) is 4.98 Å². The third kappa shape index (κ3) is 3.16. The molecule has 1 rings (SSSR count). The average molecular weight is 225 g/mol. The lowest BCUT2D eigenvalue weighted by Gasteiger charge is -2.10. The van der Waals surface area contributed by atoms with E-state index in [4.69, 9.17) is 10.5 Å². The molecule has 88 valence electrons. The van der Waals surface area contributed by atoms with Crippen LogP contribution in [-0.4, -0.2) is 23.1 Å². The van der Waals surface area contributed by atoms with Crippen molar-refractivity contribution in [2.75, 3.05) is 13.2 Å². The molecule has 1 atom stereocenters. The summed E-state index contributed by atoms with van der Waals surface area (Å²) in [5.74, 6) is 0.0982. The zero-order valence-corrected chi connectivity index (χ0v) is 9.34. The minimum Gasteiger partial charge on any atom is -0.485 e. The molecule has 0 amide bonds. The van der Waals surface area contributed by atoms with E-state index in [1.54, 1.807) is 19.1 Å². The van der Waals surface area contributed by atoms with Crippen molar-refractivity contribution in [2.24, 2.45) is 11.7 Å². The Morgan fingerprint density at radius 2 is 2.31 bits per heavy atom. The smallest absolute Gasteiger partial charge is 0.406 e. The second-order valence-corrected chi connectivity index (χ2v) is 3.68. The largest absolute Gasteiger partial charge is 0.485 e. The Bertz CT molecular complexity index is 382. The standard InChI is InChI=1S/C10H15N3O3/c1-7(5-11)6-16-9-4-3-8(2)12-10(9)13(14)15/h3-4,7H,5-6,11H2,1-2H3. The predicted octanol–water partition coefficient (Wildman–Crippen LogP) is 1.27. The average Bonchev–Trinajstić information content (AvgIpc) is 2.26. The van der Waals surface area contributed by atoms with Crippen LogP contribution in [0, 0.1) is 23.0 Å². The highest BCUT2D eigenvalue weighted by Crippen LogP contribution is 2.24. The van der Waals surface area contributed by atoms with Gasteiger partial charge in [-0.3, -0.25) is 0 Å². The molecule has 0 fully saturated rings. The molecular weight excluding hydrogens is 210 g/mol. The maximum atomic E-state index is 10.7. The van der Waals surface area contributed by atoms with Gasteiger partial charge in [0.25, 0.3) is 0 Å². The van der Waals surface area contributed by atoms with Crippen LogP contribution >= 0.6 is 0 Å². The van der Waals surface area contributed by atoms with E-state index in [0.717, 1.165) is 0 Å². The fraction of sp³-hybridized carbons (Fsp3) is 0.500. The molecule has 1 heterocycles. The first kappa shape index (κ1) is 12.4. The topological polar surface area (TPSA) is 91.3 Å². The van der Waals surface area contributed by atoms with Gasteiger partial charge < -0.3 is 20.6 Å². The Hall–Kier alpha value is -1.69. The van der Waals surface area contributed by atoms with Crippen LogP contribution in [-0.2, 0) is 0 Å². The fourth-order valence-corrected chi connectivity index (χ4v) is 1.07. The SMILES string of the molecule is Cc1ccc(OCC(C)CN)c([N+](=O)[O-])n1. The summed E-state index contributed by atoms with van der Waals surface area (Å²) in [5.41, 5.74) is 6.02. The van der Waals surface area contributed by atoms with Gasteiger partial charge in [0.05, 0.1) is 6.61 Å². The molecule has 0 aliphatic heterocycles. The highest BCUT2D eigenvalue weighted by molar-refractivity contribution is 5.40. The minimum atomic E-state index is -0.546. The molecule has 16 heavy (non-hydrogen) atoms. The highest BCUT2D eigenvalue weighted by atomic mass is 16.6. The van der Waals surface area contributed by atoms with Crippen LogP contribution in [0.3, 0.4) is 0 Å².